The topological polar surface area (TPSA) is 84.9 Å². The average molecular weight is 619 g/mol. The number of hydrogen-bond acceptors (Lipinski definition) is 6. The number of aryl methyl sites for hydroxylation is 1. The lowest BCUT2D eigenvalue weighted by Gasteiger charge is -2.49. The second kappa shape index (κ2) is 12.1. The van der Waals surface area contributed by atoms with Crippen LogP contribution >= 0.6 is 11.6 Å². The lowest BCUT2D eigenvalue weighted by molar-refractivity contribution is -0.120. The maximum absolute atomic E-state index is 14.0. The number of anilines is 1. The molecule has 2 aromatic rings. The van der Waals surface area contributed by atoms with Crippen molar-refractivity contribution in [2.24, 2.45) is 10.8 Å². The molecule has 1 aliphatic heterocycles. The molecular formula is C36H43ClN2O5. The van der Waals surface area contributed by atoms with Gasteiger partial charge in [0.2, 0.25) is 0 Å². The number of nitrogens with one attached hydrogen (secondary N) is 1. The third-order valence-electron chi connectivity index (χ3n) is 8.82. The number of Topliss-reactive ketones (excluding diaryl/α,β-unsaturated/α-hetero) is 2. The second-order valence-corrected chi connectivity index (χ2v) is 14.3. The Hall–Kier alpha value is -3.58. The molecule has 0 aromatic heterocycles. The van der Waals surface area contributed by atoms with Crippen molar-refractivity contribution in [3.8, 4) is 11.5 Å². The first-order chi connectivity index (χ1) is 20.7. The summed E-state index contributed by atoms with van der Waals surface area (Å²) in [4.78, 5) is 43.0. The highest BCUT2D eigenvalue weighted by Gasteiger charge is 2.49. The van der Waals surface area contributed by atoms with Gasteiger partial charge in [0, 0.05) is 53.5 Å². The summed E-state index contributed by atoms with van der Waals surface area (Å²) >= 11 is 6.84. The number of carbonyl (C=O) groups excluding carboxylic acids is 3. The molecule has 5 rings (SSSR count). The Kier molecular flexibility index (Phi) is 8.74. The van der Waals surface area contributed by atoms with Gasteiger partial charge >= 0.3 is 0 Å². The fourth-order valence-electron chi connectivity index (χ4n) is 6.96. The van der Waals surface area contributed by atoms with E-state index in [4.69, 9.17) is 21.1 Å². The Labute approximate surface area is 265 Å². The molecule has 0 spiro atoms. The maximum Gasteiger partial charge on any atom is 0.262 e. The van der Waals surface area contributed by atoms with Crippen LogP contribution in [0.4, 0.5) is 5.69 Å². The van der Waals surface area contributed by atoms with Crippen molar-refractivity contribution < 1.29 is 23.9 Å². The van der Waals surface area contributed by atoms with Gasteiger partial charge in [-0.15, -0.1) is 0 Å². The molecule has 7 nitrogen and oxygen atoms in total. The molecule has 2 aromatic carbocycles. The van der Waals surface area contributed by atoms with Crippen molar-refractivity contribution in [1.82, 2.24) is 4.90 Å². The number of halogens is 1. The van der Waals surface area contributed by atoms with E-state index in [1.54, 1.807) is 12.1 Å². The van der Waals surface area contributed by atoms with E-state index in [1.807, 2.05) is 31.2 Å². The van der Waals surface area contributed by atoms with E-state index in [-0.39, 0.29) is 45.7 Å². The van der Waals surface area contributed by atoms with E-state index < -0.39 is 5.92 Å². The summed E-state index contributed by atoms with van der Waals surface area (Å²) in [6.07, 6.45) is 3.21. The minimum absolute atomic E-state index is 0.0647. The van der Waals surface area contributed by atoms with Crippen LogP contribution in [0.2, 0.25) is 5.02 Å². The highest BCUT2D eigenvalue weighted by molar-refractivity contribution is 6.32. The molecule has 0 saturated carbocycles. The van der Waals surface area contributed by atoms with Crippen molar-refractivity contribution in [3.05, 3.63) is 75.1 Å². The standard InChI is InChI=1S/C36H43ClN2O5/c1-8-13-39-25-16-35(3,4)18-27(40)32(25)31(33-26(39)17-36(5,6)19-28(33)41)22-14-23(37)34(29(15-22)43-7)44-20-30(42)38-24-12-10-9-11-21(24)2/h9-12,14-15,31H,8,13,16-20H2,1-7H3,(H,38,42). The molecule has 0 unspecified atom stereocenters. The monoisotopic (exact) mass is 618 g/mol. The van der Waals surface area contributed by atoms with Crippen molar-refractivity contribution in [3.63, 3.8) is 0 Å². The number of nitrogens with zero attached hydrogens (tertiary/aromatic N) is 1. The van der Waals surface area contributed by atoms with Gasteiger partial charge < -0.3 is 19.7 Å². The highest BCUT2D eigenvalue weighted by Crippen LogP contribution is 2.55. The minimum atomic E-state index is -0.551. The van der Waals surface area contributed by atoms with Crippen LogP contribution in [-0.4, -0.2) is 42.6 Å². The van der Waals surface area contributed by atoms with Gasteiger partial charge in [-0.2, -0.15) is 0 Å². The number of para-hydroxylation sites is 1. The molecule has 2 aliphatic carbocycles. The number of amides is 1. The van der Waals surface area contributed by atoms with Crippen LogP contribution in [0.15, 0.2) is 58.9 Å². The van der Waals surface area contributed by atoms with E-state index in [2.05, 4.69) is 44.8 Å². The van der Waals surface area contributed by atoms with E-state index in [1.165, 1.54) is 7.11 Å². The number of rotatable bonds is 8. The van der Waals surface area contributed by atoms with Crippen molar-refractivity contribution in [2.75, 3.05) is 25.6 Å². The molecule has 1 N–H and O–H groups in total. The van der Waals surface area contributed by atoms with Gasteiger partial charge in [-0.1, -0.05) is 64.4 Å². The minimum Gasteiger partial charge on any atom is -0.493 e. The van der Waals surface area contributed by atoms with Gasteiger partial charge in [-0.25, -0.2) is 0 Å². The molecule has 3 aliphatic rings. The van der Waals surface area contributed by atoms with Crippen molar-refractivity contribution >= 4 is 34.8 Å². The number of benzene rings is 2. The van der Waals surface area contributed by atoms with Gasteiger partial charge in [-0.3, -0.25) is 14.4 Å². The number of methoxy groups -OCH3 is 1. The first-order valence-electron chi connectivity index (χ1n) is 15.4. The number of ketones is 2. The van der Waals surface area contributed by atoms with E-state index in [0.29, 0.717) is 41.0 Å². The summed E-state index contributed by atoms with van der Waals surface area (Å²) in [5.74, 6) is -0.185. The summed E-state index contributed by atoms with van der Waals surface area (Å²) in [7, 11) is 1.51. The number of ether oxygens (including phenoxy) is 2. The Morgan fingerprint density at radius 2 is 1.57 bits per heavy atom. The second-order valence-electron chi connectivity index (χ2n) is 13.9. The molecule has 1 amide bonds. The number of allylic oxidation sites excluding steroid dienone is 4. The van der Waals surface area contributed by atoms with Crippen molar-refractivity contribution in [2.45, 2.75) is 79.6 Å². The normalized spacial score (nSPS) is 19.5. The Bertz CT molecular complexity index is 1530. The predicted molar refractivity (Wildman–Crippen MR) is 173 cm³/mol. The van der Waals surface area contributed by atoms with Gasteiger partial charge in [0.25, 0.3) is 5.91 Å². The zero-order valence-corrected chi connectivity index (χ0v) is 27.6. The molecular weight excluding hydrogens is 576 g/mol. The van der Waals surface area contributed by atoms with Crippen LogP contribution in [0.3, 0.4) is 0 Å². The van der Waals surface area contributed by atoms with Crippen molar-refractivity contribution in [1.29, 1.82) is 0 Å². The summed E-state index contributed by atoms with van der Waals surface area (Å²) < 4.78 is 11.6. The molecule has 8 heteroatoms. The first-order valence-corrected chi connectivity index (χ1v) is 15.8. The maximum atomic E-state index is 14.0. The molecule has 1 heterocycles. The lowest BCUT2D eigenvalue weighted by Crippen LogP contribution is -2.44. The Morgan fingerprint density at radius 1 is 0.977 bits per heavy atom. The van der Waals surface area contributed by atoms with Crippen LogP contribution in [0.25, 0.3) is 0 Å². The average Bonchev–Trinajstić information content (AvgIpc) is 2.92. The molecule has 0 radical (unpaired) electrons. The number of carbonyl (C=O) groups is 3. The summed E-state index contributed by atoms with van der Waals surface area (Å²) in [5.41, 5.74) is 5.39. The van der Waals surface area contributed by atoms with Gasteiger partial charge in [-0.05, 0) is 66.3 Å². The summed E-state index contributed by atoms with van der Waals surface area (Å²) in [6.45, 7) is 13.1. The lowest BCUT2D eigenvalue weighted by atomic mass is 9.63. The van der Waals surface area contributed by atoms with Gasteiger partial charge in [0.1, 0.15) is 0 Å². The largest absolute Gasteiger partial charge is 0.493 e. The zero-order chi connectivity index (χ0) is 32.0. The van der Waals surface area contributed by atoms with E-state index in [9.17, 15) is 14.4 Å². The predicted octanol–water partition coefficient (Wildman–Crippen LogP) is 7.77. The molecule has 44 heavy (non-hydrogen) atoms. The van der Waals surface area contributed by atoms with Crippen LogP contribution in [0.5, 0.6) is 11.5 Å². The van der Waals surface area contributed by atoms with Gasteiger partial charge in [0.05, 0.1) is 12.1 Å². The third-order valence-corrected chi connectivity index (χ3v) is 9.10. The quantitative estimate of drug-likeness (QED) is 0.325. The zero-order valence-electron chi connectivity index (χ0n) is 26.9. The molecule has 0 bridgehead atoms. The fraction of sp³-hybridized carbons (Fsp3) is 0.472. The van der Waals surface area contributed by atoms with Crippen LogP contribution < -0.4 is 14.8 Å². The summed E-state index contributed by atoms with van der Waals surface area (Å²) in [5, 5.41) is 3.11. The molecule has 0 saturated heterocycles. The summed E-state index contributed by atoms with van der Waals surface area (Å²) in [6, 6.07) is 11.1. The molecule has 0 fully saturated rings. The fourth-order valence-corrected chi connectivity index (χ4v) is 7.23. The first kappa shape index (κ1) is 31.8. The van der Waals surface area contributed by atoms with Crippen LogP contribution in [0, 0.1) is 17.8 Å². The third kappa shape index (κ3) is 6.16. The molecule has 234 valence electrons. The molecule has 0 atom stereocenters. The SMILES string of the molecule is CCCN1C2=C(C(=O)CC(C)(C)C2)C(c2cc(Cl)c(OCC(=O)Nc3ccccc3C)c(OC)c2)C2=C1CC(C)(C)CC2=O. The van der Waals surface area contributed by atoms with Crippen LogP contribution in [-0.2, 0) is 14.4 Å². The highest BCUT2D eigenvalue weighted by atomic mass is 35.5. The Morgan fingerprint density at radius 3 is 2.11 bits per heavy atom. The smallest absolute Gasteiger partial charge is 0.262 e. The van der Waals surface area contributed by atoms with E-state index in [0.717, 1.165) is 42.8 Å². The number of hydrogen-bond donors (Lipinski definition) is 1. The van der Waals surface area contributed by atoms with E-state index >= 15 is 0 Å². The van der Waals surface area contributed by atoms with Crippen LogP contribution in [0.1, 0.15) is 83.8 Å². The Balaban J connectivity index is 1.57. The van der Waals surface area contributed by atoms with Gasteiger partial charge in [0.15, 0.2) is 29.7 Å².